The maximum absolute atomic E-state index is 12.8. The molecule has 0 aromatic rings. The Morgan fingerprint density at radius 2 is 0.355 bits per heavy atom. The Kier molecular flexibility index (Phi) is 64.5. The molecule has 6 heteroatoms. The van der Waals surface area contributed by atoms with Crippen molar-refractivity contribution < 1.29 is 28.6 Å². The fourth-order valence-corrected chi connectivity index (χ4v) is 11.1. The van der Waals surface area contributed by atoms with Gasteiger partial charge >= 0.3 is 17.9 Å². The van der Waals surface area contributed by atoms with Crippen LogP contribution in [0, 0.1) is 0 Å². The number of unbranched alkanes of at least 4 members (excludes halogenated alkanes) is 55. The lowest BCUT2D eigenvalue weighted by atomic mass is 10.0. The van der Waals surface area contributed by atoms with Gasteiger partial charge in [0.15, 0.2) is 6.10 Å². The van der Waals surface area contributed by atoms with Crippen LogP contribution in [-0.2, 0) is 28.6 Å². The van der Waals surface area contributed by atoms with Gasteiger partial charge in [-0.1, -0.05) is 374 Å². The first-order chi connectivity index (χ1) is 37.5. The number of carbonyl (C=O) groups is 3. The third-order valence-corrected chi connectivity index (χ3v) is 16.4. The van der Waals surface area contributed by atoms with Crippen LogP contribution >= 0.6 is 0 Å². The fraction of sp³-hybridized carbons (Fsp3) is 0.957. The van der Waals surface area contributed by atoms with Crippen LogP contribution in [0.4, 0.5) is 0 Å². The van der Waals surface area contributed by atoms with E-state index in [1.165, 1.54) is 315 Å². The second-order valence-electron chi connectivity index (χ2n) is 24.2. The first kappa shape index (κ1) is 74.4. The lowest BCUT2D eigenvalue weighted by molar-refractivity contribution is -0.167. The van der Waals surface area contributed by atoms with Gasteiger partial charge in [-0.15, -0.1) is 0 Å². The maximum Gasteiger partial charge on any atom is 0.306 e. The van der Waals surface area contributed by atoms with Crippen molar-refractivity contribution in [3.8, 4) is 0 Å². The van der Waals surface area contributed by atoms with Crippen LogP contribution in [0.5, 0.6) is 0 Å². The zero-order valence-corrected chi connectivity index (χ0v) is 52.1. The number of rotatable bonds is 66. The number of esters is 3. The summed E-state index contributed by atoms with van der Waals surface area (Å²) in [5.41, 5.74) is 0. The Bertz CT molecular complexity index is 1140. The van der Waals surface area contributed by atoms with E-state index in [1.54, 1.807) is 0 Å². The highest BCUT2D eigenvalue weighted by Crippen LogP contribution is 2.19. The minimum atomic E-state index is -0.761. The van der Waals surface area contributed by atoms with E-state index in [-0.39, 0.29) is 31.1 Å². The summed E-state index contributed by atoms with van der Waals surface area (Å²) in [6.07, 6.45) is 77.6. The van der Waals surface area contributed by atoms with Crippen LogP contribution in [0.1, 0.15) is 412 Å². The van der Waals surface area contributed by atoms with E-state index in [0.29, 0.717) is 19.3 Å². The molecule has 0 N–H and O–H groups in total. The van der Waals surface area contributed by atoms with Gasteiger partial charge in [-0.05, 0) is 19.3 Å². The number of hydrogen-bond acceptors (Lipinski definition) is 6. The van der Waals surface area contributed by atoms with Crippen molar-refractivity contribution >= 4 is 17.9 Å². The van der Waals surface area contributed by atoms with Gasteiger partial charge in [0.25, 0.3) is 0 Å². The predicted molar refractivity (Wildman–Crippen MR) is 330 cm³/mol. The summed E-state index contributed by atoms with van der Waals surface area (Å²) in [6, 6.07) is 0. The first-order valence-electron chi connectivity index (χ1n) is 35.0. The van der Waals surface area contributed by atoms with Crippen LogP contribution in [0.15, 0.2) is 0 Å². The zero-order chi connectivity index (χ0) is 55.0. The highest BCUT2D eigenvalue weighted by Gasteiger charge is 2.19. The van der Waals surface area contributed by atoms with Gasteiger partial charge in [-0.3, -0.25) is 14.4 Å². The summed E-state index contributed by atoms with van der Waals surface area (Å²) in [5, 5.41) is 0. The van der Waals surface area contributed by atoms with Gasteiger partial charge < -0.3 is 14.2 Å². The predicted octanol–water partition coefficient (Wildman–Crippen LogP) is 23.8. The molecule has 0 aliphatic carbocycles. The molecule has 0 aliphatic heterocycles. The van der Waals surface area contributed by atoms with E-state index in [2.05, 4.69) is 20.8 Å². The summed E-state index contributed by atoms with van der Waals surface area (Å²) >= 11 is 0. The number of ether oxygens (including phenoxy) is 3. The molecule has 0 saturated carbocycles. The van der Waals surface area contributed by atoms with Crippen molar-refractivity contribution in [1.29, 1.82) is 0 Å². The van der Waals surface area contributed by atoms with Crippen molar-refractivity contribution in [3.63, 3.8) is 0 Å². The quantitative estimate of drug-likeness (QED) is 0.0343. The summed E-state index contributed by atoms with van der Waals surface area (Å²) in [4.78, 5) is 38.1. The molecule has 0 saturated heterocycles. The largest absolute Gasteiger partial charge is 0.462 e. The van der Waals surface area contributed by atoms with Crippen molar-refractivity contribution in [2.24, 2.45) is 0 Å². The lowest BCUT2D eigenvalue weighted by Gasteiger charge is -2.18. The Hall–Kier alpha value is -1.59. The molecule has 6 nitrogen and oxygen atoms in total. The summed E-state index contributed by atoms with van der Waals surface area (Å²) < 4.78 is 16.9. The smallest absolute Gasteiger partial charge is 0.306 e. The molecule has 0 rings (SSSR count). The van der Waals surface area contributed by atoms with Gasteiger partial charge in [0.05, 0.1) is 0 Å². The van der Waals surface area contributed by atoms with Crippen molar-refractivity contribution in [1.82, 2.24) is 0 Å². The highest BCUT2D eigenvalue weighted by molar-refractivity contribution is 5.71. The molecule has 0 heterocycles. The molecule has 1 atom stereocenters. The summed E-state index contributed by atoms with van der Waals surface area (Å²) in [5.74, 6) is -0.837. The standard InChI is InChI=1S/C70H136O6/c1-4-7-10-13-16-18-20-22-24-26-27-28-29-30-31-32-33-34-35-36-37-38-39-40-41-42-43-44-46-47-49-51-54-57-60-63-69(72)75-66-67(65-74-68(71)62-59-56-53-15-12-9-6-3)76-70(73)64-61-58-55-52-50-48-45-25-23-21-19-17-14-11-8-5-2/h67H,4-66H2,1-3H3. The van der Waals surface area contributed by atoms with Crippen molar-refractivity contribution in [3.05, 3.63) is 0 Å². The third-order valence-electron chi connectivity index (χ3n) is 16.4. The molecule has 0 aromatic carbocycles. The Morgan fingerprint density at radius 3 is 0.526 bits per heavy atom. The average Bonchev–Trinajstić information content (AvgIpc) is 3.42. The van der Waals surface area contributed by atoms with E-state index >= 15 is 0 Å². The first-order valence-corrected chi connectivity index (χ1v) is 35.0. The van der Waals surface area contributed by atoms with Crippen LogP contribution < -0.4 is 0 Å². The number of carbonyl (C=O) groups excluding carboxylic acids is 3. The normalized spacial score (nSPS) is 11.9. The van der Waals surface area contributed by atoms with Crippen molar-refractivity contribution in [2.45, 2.75) is 419 Å². The minimum Gasteiger partial charge on any atom is -0.462 e. The van der Waals surface area contributed by atoms with Crippen LogP contribution in [-0.4, -0.2) is 37.2 Å². The Balaban J connectivity index is 3.87. The molecule has 0 bridgehead atoms. The van der Waals surface area contributed by atoms with Crippen LogP contribution in [0.2, 0.25) is 0 Å². The average molecular weight is 1070 g/mol. The van der Waals surface area contributed by atoms with E-state index in [1.807, 2.05) is 0 Å². The molecule has 0 fully saturated rings. The molecule has 1 unspecified atom stereocenters. The third kappa shape index (κ3) is 63.2. The maximum atomic E-state index is 12.8. The second-order valence-corrected chi connectivity index (χ2v) is 24.2. The Morgan fingerprint density at radius 1 is 0.211 bits per heavy atom. The molecule has 0 radical (unpaired) electrons. The summed E-state index contributed by atoms with van der Waals surface area (Å²) in [7, 11) is 0. The van der Waals surface area contributed by atoms with Crippen LogP contribution in [0.3, 0.4) is 0 Å². The topological polar surface area (TPSA) is 78.9 Å². The molecular weight excluding hydrogens is 937 g/mol. The van der Waals surface area contributed by atoms with E-state index < -0.39 is 6.10 Å². The highest BCUT2D eigenvalue weighted by atomic mass is 16.6. The number of hydrogen-bond donors (Lipinski definition) is 0. The Labute approximate surface area is 476 Å². The molecule has 0 spiro atoms. The van der Waals surface area contributed by atoms with Gasteiger partial charge in [0.2, 0.25) is 0 Å². The van der Waals surface area contributed by atoms with E-state index in [4.69, 9.17) is 14.2 Å². The summed E-state index contributed by atoms with van der Waals surface area (Å²) in [6.45, 7) is 6.68. The molecule has 0 aromatic heterocycles. The monoisotopic (exact) mass is 1070 g/mol. The SMILES string of the molecule is CCCCCCCCCCCCCCCCCCCCCCCCCCCCCCCCCCCCCC(=O)OCC(COC(=O)CCCCCCCCC)OC(=O)CCCCCCCCCCCCCCCCCC. The molecule has 0 aliphatic rings. The zero-order valence-electron chi connectivity index (χ0n) is 52.1. The molecule has 452 valence electrons. The van der Waals surface area contributed by atoms with Crippen LogP contribution in [0.25, 0.3) is 0 Å². The van der Waals surface area contributed by atoms with Gasteiger partial charge in [-0.2, -0.15) is 0 Å². The van der Waals surface area contributed by atoms with Crippen molar-refractivity contribution in [2.75, 3.05) is 13.2 Å². The molecule has 76 heavy (non-hydrogen) atoms. The van der Waals surface area contributed by atoms with Gasteiger partial charge in [0, 0.05) is 19.3 Å². The second kappa shape index (κ2) is 65.9. The van der Waals surface area contributed by atoms with E-state index in [9.17, 15) is 14.4 Å². The van der Waals surface area contributed by atoms with Gasteiger partial charge in [-0.25, -0.2) is 0 Å². The fourth-order valence-electron chi connectivity index (χ4n) is 11.1. The lowest BCUT2D eigenvalue weighted by Crippen LogP contribution is -2.30. The van der Waals surface area contributed by atoms with E-state index in [0.717, 1.165) is 57.8 Å². The molecule has 0 amide bonds. The van der Waals surface area contributed by atoms with Gasteiger partial charge in [0.1, 0.15) is 13.2 Å². The minimum absolute atomic E-state index is 0.0616. The molecular formula is C70H136O6.